The maximum atomic E-state index is 13.2. The maximum Gasteiger partial charge on any atom is 0.256 e. The summed E-state index contributed by atoms with van der Waals surface area (Å²) in [7, 11) is 0. The molecule has 1 aromatic heterocycles. The number of carbonyl (C=O) groups is 1. The van der Waals surface area contributed by atoms with Gasteiger partial charge in [0.05, 0.1) is 16.8 Å². The van der Waals surface area contributed by atoms with E-state index >= 15 is 0 Å². The summed E-state index contributed by atoms with van der Waals surface area (Å²) in [6.07, 6.45) is 0. The van der Waals surface area contributed by atoms with Crippen LogP contribution in [0.1, 0.15) is 10.4 Å². The number of halogens is 1. The Labute approximate surface area is 181 Å². The van der Waals surface area contributed by atoms with Crippen molar-refractivity contribution < 1.29 is 14.3 Å². The summed E-state index contributed by atoms with van der Waals surface area (Å²) < 4.78 is 12.2. The fourth-order valence-electron chi connectivity index (χ4n) is 3.45. The zero-order valence-corrected chi connectivity index (χ0v) is 17.5. The van der Waals surface area contributed by atoms with Gasteiger partial charge in [0, 0.05) is 27.2 Å². The zero-order chi connectivity index (χ0) is 20.5. The van der Waals surface area contributed by atoms with Crippen molar-refractivity contribution in [3.63, 3.8) is 0 Å². The summed E-state index contributed by atoms with van der Waals surface area (Å²) in [5, 5.41) is 3.78. The van der Waals surface area contributed by atoms with Crippen molar-refractivity contribution in [3.8, 4) is 22.8 Å². The van der Waals surface area contributed by atoms with Crippen LogP contribution in [-0.2, 0) is 0 Å². The molecule has 5 nitrogen and oxygen atoms in total. The summed E-state index contributed by atoms with van der Waals surface area (Å²) in [6, 6.07) is 22.8. The van der Waals surface area contributed by atoms with Crippen LogP contribution in [0.4, 0.5) is 5.69 Å². The number of hydrogen-bond acceptors (Lipinski definition) is 4. The van der Waals surface area contributed by atoms with Crippen LogP contribution in [0.25, 0.3) is 22.2 Å². The lowest BCUT2D eigenvalue weighted by molar-refractivity contribution is 0.102. The molecule has 148 valence electrons. The molecule has 1 N–H and O–H groups in total. The summed E-state index contributed by atoms with van der Waals surface area (Å²) in [5.74, 6) is 1.11. The first kappa shape index (κ1) is 18.6. The summed E-state index contributed by atoms with van der Waals surface area (Å²) in [5.41, 5.74) is 3.67. The predicted octanol–water partition coefficient (Wildman–Crippen LogP) is 5.69. The number of aromatic nitrogens is 1. The van der Waals surface area contributed by atoms with E-state index in [1.165, 1.54) is 0 Å². The van der Waals surface area contributed by atoms with Crippen LogP contribution in [0.2, 0.25) is 0 Å². The molecule has 6 heteroatoms. The topological polar surface area (TPSA) is 60.5 Å². The highest BCUT2D eigenvalue weighted by Gasteiger charge is 2.16. The molecule has 0 bridgehead atoms. The average molecular weight is 461 g/mol. The highest BCUT2D eigenvalue weighted by molar-refractivity contribution is 9.10. The molecule has 1 amide bonds. The number of amides is 1. The lowest BCUT2D eigenvalue weighted by Gasteiger charge is -2.19. The number of pyridine rings is 1. The van der Waals surface area contributed by atoms with Gasteiger partial charge in [-0.3, -0.25) is 4.79 Å². The smallest absolute Gasteiger partial charge is 0.256 e. The molecule has 1 aliphatic heterocycles. The van der Waals surface area contributed by atoms with E-state index in [1.54, 1.807) is 6.07 Å². The fraction of sp³-hybridized carbons (Fsp3) is 0.0833. The number of fused-ring (bicyclic) bond motifs is 2. The molecule has 0 fully saturated rings. The Kier molecular flexibility index (Phi) is 4.85. The van der Waals surface area contributed by atoms with Crippen molar-refractivity contribution in [2.45, 2.75) is 0 Å². The molecule has 0 radical (unpaired) electrons. The SMILES string of the molecule is O=C(Nc1ccc2c(c1)OCCO2)c1cc(-c2ccc(Br)cc2)nc2ccccc12. The number of nitrogens with zero attached hydrogens (tertiary/aromatic N) is 1. The molecule has 5 rings (SSSR count). The van der Waals surface area contributed by atoms with Crippen molar-refractivity contribution in [1.29, 1.82) is 0 Å². The van der Waals surface area contributed by atoms with Gasteiger partial charge in [0.2, 0.25) is 0 Å². The molecule has 2 heterocycles. The summed E-state index contributed by atoms with van der Waals surface area (Å²) in [6.45, 7) is 1.02. The number of ether oxygens (including phenoxy) is 2. The van der Waals surface area contributed by atoms with Gasteiger partial charge in [-0.15, -0.1) is 0 Å². The summed E-state index contributed by atoms with van der Waals surface area (Å²) in [4.78, 5) is 18.0. The van der Waals surface area contributed by atoms with Crippen LogP contribution in [0.5, 0.6) is 11.5 Å². The molecular formula is C24H17BrN2O3. The molecule has 0 aliphatic carbocycles. The molecule has 0 spiro atoms. The van der Waals surface area contributed by atoms with E-state index in [2.05, 4.69) is 21.2 Å². The lowest BCUT2D eigenvalue weighted by atomic mass is 10.0. The van der Waals surface area contributed by atoms with Crippen LogP contribution < -0.4 is 14.8 Å². The van der Waals surface area contributed by atoms with Crippen molar-refractivity contribution >= 4 is 38.4 Å². The first-order valence-corrected chi connectivity index (χ1v) is 10.3. The maximum absolute atomic E-state index is 13.2. The van der Waals surface area contributed by atoms with Crippen LogP contribution in [-0.4, -0.2) is 24.1 Å². The Morgan fingerprint density at radius 1 is 0.900 bits per heavy atom. The van der Waals surface area contributed by atoms with Crippen LogP contribution >= 0.6 is 15.9 Å². The highest BCUT2D eigenvalue weighted by atomic mass is 79.9. The van der Waals surface area contributed by atoms with Gasteiger partial charge in [0.1, 0.15) is 13.2 Å². The molecule has 0 saturated heterocycles. The van der Waals surface area contributed by atoms with E-state index in [-0.39, 0.29) is 5.91 Å². The van der Waals surface area contributed by atoms with Crippen LogP contribution in [0.3, 0.4) is 0 Å². The standard InChI is InChI=1S/C24H17BrN2O3/c25-16-7-5-15(6-8-16)21-14-19(18-3-1-2-4-20(18)27-21)24(28)26-17-9-10-22-23(13-17)30-12-11-29-22/h1-10,13-14H,11-12H2,(H,26,28). The monoisotopic (exact) mass is 460 g/mol. The third kappa shape index (κ3) is 3.62. The van der Waals surface area contributed by atoms with Gasteiger partial charge in [-0.1, -0.05) is 46.3 Å². The van der Waals surface area contributed by atoms with Gasteiger partial charge < -0.3 is 14.8 Å². The normalized spacial score (nSPS) is 12.6. The minimum atomic E-state index is -0.205. The Morgan fingerprint density at radius 2 is 1.67 bits per heavy atom. The third-order valence-corrected chi connectivity index (χ3v) is 5.43. The van der Waals surface area contributed by atoms with Gasteiger partial charge in [-0.2, -0.15) is 0 Å². The Bertz CT molecular complexity index is 1260. The molecule has 30 heavy (non-hydrogen) atoms. The Hall–Kier alpha value is -3.38. The quantitative estimate of drug-likeness (QED) is 0.426. The Morgan fingerprint density at radius 3 is 2.50 bits per heavy atom. The second kappa shape index (κ2) is 7.80. The first-order chi connectivity index (χ1) is 14.7. The second-order valence-electron chi connectivity index (χ2n) is 6.89. The third-order valence-electron chi connectivity index (χ3n) is 4.90. The van der Waals surface area contributed by atoms with Gasteiger partial charge in [0.25, 0.3) is 5.91 Å². The van der Waals surface area contributed by atoms with E-state index in [1.807, 2.05) is 66.7 Å². The molecule has 0 unspecified atom stereocenters. The minimum absolute atomic E-state index is 0.205. The second-order valence-corrected chi connectivity index (χ2v) is 7.81. The van der Waals surface area contributed by atoms with Crippen molar-refractivity contribution in [1.82, 2.24) is 4.98 Å². The number of rotatable bonds is 3. The lowest BCUT2D eigenvalue weighted by Crippen LogP contribution is -2.16. The molecule has 3 aromatic carbocycles. The molecule has 0 saturated carbocycles. The Balaban J connectivity index is 1.54. The van der Waals surface area contributed by atoms with Gasteiger partial charge >= 0.3 is 0 Å². The molecular weight excluding hydrogens is 444 g/mol. The predicted molar refractivity (Wildman–Crippen MR) is 120 cm³/mol. The fourth-order valence-corrected chi connectivity index (χ4v) is 3.72. The van der Waals surface area contributed by atoms with Crippen LogP contribution in [0.15, 0.2) is 77.3 Å². The highest BCUT2D eigenvalue weighted by Crippen LogP contribution is 2.33. The average Bonchev–Trinajstić information content (AvgIpc) is 2.78. The zero-order valence-electron chi connectivity index (χ0n) is 15.9. The van der Waals surface area contributed by atoms with Crippen LogP contribution in [0, 0.1) is 0 Å². The van der Waals surface area contributed by atoms with Gasteiger partial charge in [-0.05, 0) is 36.4 Å². The van der Waals surface area contributed by atoms with Crippen molar-refractivity contribution in [2.24, 2.45) is 0 Å². The number of carbonyl (C=O) groups excluding carboxylic acids is 1. The minimum Gasteiger partial charge on any atom is -0.486 e. The number of para-hydroxylation sites is 1. The summed E-state index contributed by atoms with van der Waals surface area (Å²) >= 11 is 3.45. The van der Waals surface area contributed by atoms with E-state index < -0.39 is 0 Å². The number of anilines is 1. The number of hydrogen-bond donors (Lipinski definition) is 1. The molecule has 1 aliphatic rings. The largest absolute Gasteiger partial charge is 0.486 e. The van der Waals surface area contributed by atoms with Crippen molar-refractivity contribution in [2.75, 3.05) is 18.5 Å². The van der Waals surface area contributed by atoms with E-state index in [9.17, 15) is 4.79 Å². The van der Waals surface area contributed by atoms with E-state index in [4.69, 9.17) is 14.5 Å². The van der Waals surface area contributed by atoms with E-state index in [0.29, 0.717) is 36.0 Å². The first-order valence-electron chi connectivity index (χ1n) is 9.54. The number of nitrogens with one attached hydrogen (secondary N) is 1. The van der Waals surface area contributed by atoms with Crippen molar-refractivity contribution in [3.05, 3.63) is 82.8 Å². The van der Waals surface area contributed by atoms with Gasteiger partial charge in [0.15, 0.2) is 11.5 Å². The number of benzene rings is 3. The molecule has 0 atom stereocenters. The van der Waals surface area contributed by atoms with E-state index in [0.717, 1.165) is 26.6 Å². The van der Waals surface area contributed by atoms with Gasteiger partial charge in [-0.25, -0.2) is 4.98 Å². The molecule has 4 aromatic rings.